The largest absolute Gasteiger partial charge is 0.482 e. The molecular weight excluding hydrogens is 236 g/mol. The minimum absolute atomic E-state index is 0.510. The lowest BCUT2D eigenvalue weighted by molar-refractivity contribution is 0.228. The Balaban J connectivity index is 1.81. The molecule has 0 amide bonds. The second-order valence-corrected chi connectivity index (χ2v) is 4.70. The highest BCUT2D eigenvalue weighted by Gasteiger charge is 2.16. The topological polar surface area (TPSA) is 18.5 Å². The van der Waals surface area contributed by atoms with Crippen LogP contribution in [-0.4, -0.2) is 6.61 Å². The van der Waals surface area contributed by atoms with Gasteiger partial charge in [-0.15, -0.1) is 0 Å². The summed E-state index contributed by atoms with van der Waals surface area (Å²) in [6.07, 6.45) is 0.891. The van der Waals surface area contributed by atoms with Gasteiger partial charge in [0.25, 0.3) is 0 Å². The number of hydrogen-bond donors (Lipinski definition) is 0. The summed E-state index contributed by atoms with van der Waals surface area (Å²) in [6.45, 7) is 2.61. The zero-order valence-corrected chi connectivity index (χ0v) is 10.9. The summed E-state index contributed by atoms with van der Waals surface area (Å²) in [7, 11) is 0. The number of hydrogen-bond acceptors (Lipinski definition) is 2. The molecule has 0 spiro atoms. The van der Waals surface area contributed by atoms with E-state index in [1.54, 1.807) is 0 Å². The van der Waals surface area contributed by atoms with Gasteiger partial charge in [0.05, 0.1) is 0 Å². The molecule has 0 aliphatic carbocycles. The highest BCUT2D eigenvalue weighted by atomic mass is 16.6. The number of fused-ring (bicyclic) bond motifs is 1. The van der Waals surface area contributed by atoms with Crippen LogP contribution in [-0.2, 0) is 6.42 Å². The van der Waals surface area contributed by atoms with Crippen LogP contribution in [0.25, 0.3) is 0 Å². The van der Waals surface area contributed by atoms with E-state index in [1.165, 1.54) is 11.1 Å². The third-order valence-corrected chi connectivity index (χ3v) is 3.23. The molecular formula is C17H16O2. The van der Waals surface area contributed by atoms with Gasteiger partial charge in [-0.25, -0.2) is 0 Å². The summed E-state index contributed by atoms with van der Waals surface area (Å²) in [4.78, 5) is 0. The molecule has 2 aromatic carbocycles. The fourth-order valence-corrected chi connectivity index (χ4v) is 2.17. The molecule has 19 heavy (non-hydrogen) atoms. The fourth-order valence-electron chi connectivity index (χ4n) is 2.17. The first kappa shape index (κ1) is 11.8. The lowest BCUT2D eigenvalue weighted by atomic mass is 10.1. The summed E-state index contributed by atoms with van der Waals surface area (Å²) >= 11 is 0. The van der Waals surface area contributed by atoms with Crippen molar-refractivity contribution in [2.24, 2.45) is 0 Å². The minimum Gasteiger partial charge on any atom is -0.482 e. The third-order valence-electron chi connectivity index (χ3n) is 3.23. The maximum Gasteiger partial charge on any atom is 0.169 e. The maximum absolute atomic E-state index is 5.92. The molecule has 1 aliphatic rings. The second kappa shape index (κ2) is 5.19. The molecule has 0 fully saturated rings. The van der Waals surface area contributed by atoms with E-state index in [0.717, 1.165) is 23.7 Å². The fraction of sp³-hybridized carbons (Fsp3) is 0.176. The van der Waals surface area contributed by atoms with E-state index in [4.69, 9.17) is 9.47 Å². The van der Waals surface area contributed by atoms with E-state index >= 15 is 0 Å². The van der Waals surface area contributed by atoms with Crippen LogP contribution in [0.5, 0.6) is 11.5 Å². The molecule has 0 bridgehead atoms. The summed E-state index contributed by atoms with van der Waals surface area (Å²) in [5.41, 5.74) is 2.50. The van der Waals surface area contributed by atoms with Gasteiger partial charge in [-0.3, -0.25) is 0 Å². The van der Waals surface area contributed by atoms with Gasteiger partial charge in [0, 0.05) is 0 Å². The smallest absolute Gasteiger partial charge is 0.169 e. The van der Waals surface area contributed by atoms with Crippen LogP contribution in [0.1, 0.15) is 12.5 Å². The van der Waals surface area contributed by atoms with E-state index in [1.807, 2.05) is 30.3 Å². The van der Waals surface area contributed by atoms with Crippen LogP contribution < -0.4 is 9.47 Å². The van der Waals surface area contributed by atoms with E-state index in [2.05, 4.69) is 31.2 Å². The first-order chi connectivity index (χ1) is 9.33. The van der Waals surface area contributed by atoms with Gasteiger partial charge in [-0.05, 0) is 36.6 Å². The monoisotopic (exact) mass is 252 g/mol. The van der Waals surface area contributed by atoms with Crippen LogP contribution in [0.3, 0.4) is 0 Å². The molecule has 0 saturated heterocycles. The molecule has 0 saturated carbocycles. The van der Waals surface area contributed by atoms with E-state index in [9.17, 15) is 0 Å². The molecule has 2 aromatic rings. The van der Waals surface area contributed by atoms with E-state index in [-0.39, 0.29) is 0 Å². The molecule has 0 radical (unpaired) electrons. The lowest BCUT2D eigenvalue weighted by Gasteiger charge is -2.22. The number of allylic oxidation sites excluding steroid dienone is 1. The Hall–Kier alpha value is -2.22. The Morgan fingerprint density at radius 1 is 0.947 bits per heavy atom. The molecule has 1 aliphatic heterocycles. The first-order valence-corrected chi connectivity index (χ1v) is 6.45. The van der Waals surface area contributed by atoms with Crippen molar-refractivity contribution in [1.82, 2.24) is 0 Å². The van der Waals surface area contributed by atoms with Crippen LogP contribution in [0.4, 0.5) is 0 Å². The summed E-state index contributed by atoms with van der Waals surface area (Å²) in [6, 6.07) is 18.2. The molecule has 2 nitrogen and oxygen atoms in total. The number of benzene rings is 2. The highest BCUT2D eigenvalue weighted by Crippen LogP contribution is 2.33. The third kappa shape index (κ3) is 2.63. The van der Waals surface area contributed by atoms with Crippen molar-refractivity contribution in [3.05, 3.63) is 71.5 Å². The average Bonchev–Trinajstić information content (AvgIpc) is 2.48. The molecule has 3 rings (SSSR count). The van der Waals surface area contributed by atoms with Gasteiger partial charge in [0.15, 0.2) is 11.5 Å². The summed E-state index contributed by atoms with van der Waals surface area (Å²) in [5, 5.41) is 0. The SMILES string of the molecule is C/C(Cc1ccccc1)=C1/COc2ccccc2O1. The molecule has 0 N–H and O–H groups in total. The van der Waals surface area contributed by atoms with Gasteiger partial charge < -0.3 is 9.47 Å². The number of para-hydroxylation sites is 2. The van der Waals surface area contributed by atoms with Gasteiger partial charge in [0.1, 0.15) is 12.4 Å². The molecule has 0 unspecified atom stereocenters. The van der Waals surface area contributed by atoms with E-state index < -0.39 is 0 Å². The van der Waals surface area contributed by atoms with E-state index in [0.29, 0.717) is 6.61 Å². The van der Waals surface area contributed by atoms with Gasteiger partial charge in [0.2, 0.25) is 0 Å². The van der Waals surface area contributed by atoms with Crippen molar-refractivity contribution < 1.29 is 9.47 Å². The van der Waals surface area contributed by atoms with Crippen molar-refractivity contribution in [2.45, 2.75) is 13.3 Å². The highest BCUT2D eigenvalue weighted by molar-refractivity contribution is 5.43. The van der Waals surface area contributed by atoms with Crippen molar-refractivity contribution in [1.29, 1.82) is 0 Å². The zero-order valence-electron chi connectivity index (χ0n) is 10.9. The number of ether oxygens (including phenoxy) is 2. The Morgan fingerprint density at radius 2 is 1.63 bits per heavy atom. The van der Waals surface area contributed by atoms with Crippen LogP contribution >= 0.6 is 0 Å². The average molecular weight is 252 g/mol. The molecule has 2 heteroatoms. The first-order valence-electron chi connectivity index (χ1n) is 6.45. The normalized spacial score (nSPS) is 16.1. The van der Waals surface area contributed by atoms with Gasteiger partial charge >= 0.3 is 0 Å². The number of rotatable bonds is 2. The Morgan fingerprint density at radius 3 is 2.42 bits per heavy atom. The zero-order chi connectivity index (χ0) is 13.1. The Kier molecular flexibility index (Phi) is 3.23. The van der Waals surface area contributed by atoms with Gasteiger partial charge in [-0.2, -0.15) is 0 Å². The molecule has 1 heterocycles. The lowest BCUT2D eigenvalue weighted by Crippen LogP contribution is -2.16. The minimum atomic E-state index is 0.510. The van der Waals surface area contributed by atoms with Crippen molar-refractivity contribution >= 4 is 0 Å². The summed E-state index contributed by atoms with van der Waals surface area (Å²) in [5.74, 6) is 2.54. The van der Waals surface area contributed by atoms with Crippen LogP contribution in [0.2, 0.25) is 0 Å². The van der Waals surface area contributed by atoms with Crippen molar-refractivity contribution in [3.8, 4) is 11.5 Å². The maximum atomic E-state index is 5.92. The molecule has 0 aromatic heterocycles. The Labute approximate surface area is 113 Å². The quantitative estimate of drug-likeness (QED) is 0.805. The predicted octanol–water partition coefficient (Wildman–Crippen LogP) is 3.97. The van der Waals surface area contributed by atoms with Crippen LogP contribution in [0, 0.1) is 0 Å². The van der Waals surface area contributed by atoms with Crippen LogP contribution in [0.15, 0.2) is 65.9 Å². The summed E-state index contributed by atoms with van der Waals surface area (Å²) < 4.78 is 11.6. The Bertz CT molecular complexity index is 600. The molecule has 0 atom stereocenters. The standard InChI is InChI=1S/C17H16O2/c1-13(11-14-7-3-2-4-8-14)17-12-18-15-9-5-6-10-16(15)19-17/h2-10H,11-12H2,1H3/b17-13+. The van der Waals surface area contributed by atoms with Gasteiger partial charge in [-0.1, -0.05) is 42.5 Å². The van der Waals surface area contributed by atoms with Crippen molar-refractivity contribution in [3.63, 3.8) is 0 Å². The predicted molar refractivity (Wildman–Crippen MR) is 75.4 cm³/mol. The second-order valence-electron chi connectivity index (χ2n) is 4.70. The molecule has 96 valence electrons. The van der Waals surface area contributed by atoms with Crippen molar-refractivity contribution in [2.75, 3.05) is 6.61 Å².